The lowest BCUT2D eigenvalue weighted by molar-refractivity contribution is 0.0895. The molecule has 0 spiro atoms. The van der Waals surface area contributed by atoms with E-state index in [-0.39, 0.29) is 18.3 Å². The average molecular weight is 266 g/mol. The Morgan fingerprint density at radius 2 is 2.42 bits per heavy atom. The van der Waals surface area contributed by atoms with Crippen LogP contribution in [0.4, 0.5) is 4.39 Å². The van der Waals surface area contributed by atoms with Crippen molar-refractivity contribution in [2.75, 3.05) is 26.2 Å². The predicted molar refractivity (Wildman–Crippen MR) is 69.3 cm³/mol. The molecular weight excluding hydrogens is 247 g/mol. The molecule has 2 heterocycles. The molecule has 1 aliphatic heterocycles. The molecule has 1 aromatic heterocycles. The summed E-state index contributed by atoms with van der Waals surface area (Å²) >= 11 is 0. The van der Waals surface area contributed by atoms with Crippen LogP contribution < -0.4 is 0 Å². The van der Waals surface area contributed by atoms with Gasteiger partial charge in [-0.15, -0.1) is 0 Å². The molecule has 5 heteroatoms. The molecule has 0 aromatic carbocycles. The third-order valence-corrected chi connectivity index (χ3v) is 3.59. The maximum absolute atomic E-state index is 12.8. The lowest BCUT2D eigenvalue weighted by Crippen LogP contribution is -2.31. The first-order valence-corrected chi connectivity index (χ1v) is 6.59. The highest BCUT2D eigenvalue weighted by atomic mass is 19.1. The van der Waals surface area contributed by atoms with Crippen molar-refractivity contribution in [1.82, 2.24) is 9.88 Å². The van der Waals surface area contributed by atoms with E-state index in [2.05, 4.69) is 9.88 Å². The van der Waals surface area contributed by atoms with Gasteiger partial charge < -0.3 is 10.0 Å². The number of Topliss-reactive ketones (excluding diaryl/α,β-unsaturated/α-hetero) is 1. The van der Waals surface area contributed by atoms with Crippen molar-refractivity contribution in [3.05, 3.63) is 29.8 Å². The molecule has 1 saturated heterocycles. The Morgan fingerprint density at radius 1 is 1.63 bits per heavy atom. The van der Waals surface area contributed by atoms with E-state index in [4.69, 9.17) is 5.11 Å². The quantitative estimate of drug-likeness (QED) is 0.817. The molecule has 1 aromatic rings. The minimum Gasteiger partial charge on any atom is -0.396 e. The van der Waals surface area contributed by atoms with E-state index in [0.717, 1.165) is 25.7 Å². The number of aromatic nitrogens is 1. The number of ketones is 1. The Bertz CT molecular complexity index is 436. The summed E-state index contributed by atoms with van der Waals surface area (Å²) in [6.45, 7) is 4.48. The van der Waals surface area contributed by atoms with Gasteiger partial charge in [0, 0.05) is 25.6 Å². The number of halogens is 1. The van der Waals surface area contributed by atoms with Crippen LogP contribution in [0.25, 0.3) is 0 Å². The van der Waals surface area contributed by atoms with Crippen LogP contribution in [0.2, 0.25) is 0 Å². The van der Waals surface area contributed by atoms with E-state index in [1.807, 2.05) is 6.92 Å². The van der Waals surface area contributed by atoms with Crippen LogP contribution in [-0.2, 0) is 0 Å². The van der Waals surface area contributed by atoms with Gasteiger partial charge in [-0.1, -0.05) is 6.92 Å². The van der Waals surface area contributed by atoms with E-state index in [9.17, 15) is 9.18 Å². The number of rotatable bonds is 5. The largest absolute Gasteiger partial charge is 0.396 e. The lowest BCUT2D eigenvalue weighted by Gasteiger charge is -2.19. The standard InChI is InChI=1S/C14H19FN2O2/c1-10(7-17-5-4-11(8-17)9-18)14(19)13-3-2-12(15)6-16-13/h2-3,6,10-11,18H,4-5,7-9H2,1H3. The highest BCUT2D eigenvalue weighted by Crippen LogP contribution is 2.18. The van der Waals surface area contributed by atoms with Crippen LogP contribution in [0, 0.1) is 17.7 Å². The first-order valence-electron chi connectivity index (χ1n) is 6.59. The Morgan fingerprint density at radius 3 is 3.00 bits per heavy atom. The summed E-state index contributed by atoms with van der Waals surface area (Å²) < 4.78 is 12.8. The van der Waals surface area contributed by atoms with Crippen molar-refractivity contribution >= 4 is 5.78 Å². The first kappa shape index (κ1) is 14.1. The number of carbonyl (C=O) groups excluding carboxylic acids is 1. The summed E-state index contributed by atoms with van der Waals surface area (Å²) in [5, 5.41) is 9.09. The molecule has 2 rings (SSSR count). The van der Waals surface area contributed by atoms with Gasteiger partial charge in [0.2, 0.25) is 0 Å². The van der Waals surface area contributed by atoms with Gasteiger partial charge in [-0.05, 0) is 31.0 Å². The van der Waals surface area contributed by atoms with Crippen LogP contribution in [-0.4, -0.2) is 47.0 Å². The minimum atomic E-state index is -0.436. The lowest BCUT2D eigenvalue weighted by atomic mass is 10.0. The summed E-state index contributed by atoms with van der Waals surface area (Å²) in [4.78, 5) is 18.1. The monoisotopic (exact) mass is 266 g/mol. The molecular formula is C14H19FN2O2. The molecule has 104 valence electrons. The van der Waals surface area contributed by atoms with Crippen molar-refractivity contribution < 1.29 is 14.3 Å². The summed E-state index contributed by atoms with van der Waals surface area (Å²) in [5.41, 5.74) is 0.312. The molecule has 4 nitrogen and oxygen atoms in total. The SMILES string of the molecule is CC(CN1CCC(CO)C1)C(=O)c1ccc(F)cn1. The highest BCUT2D eigenvalue weighted by Gasteiger charge is 2.25. The highest BCUT2D eigenvalue weighted by molar-refractivity contribution is 5.95. The van der Waals surface area contributed by atoms with Crippen molar-refractivity contribution in [2.24, 2.45) is 11.8 Å². The molecule has 2 atom stereocenters. The van der Waals surface area contributed by atoms with Crippen molar-refractivity contribution in [3.8, 4) is 0 Å². The molecule has 0 radical (unpaired) electrons. The van der Waals surface area contributed by atoms with Crippen LogP contribution >= 0.6 is 0 Å². The number of aliphatic hydroxyl groups is 1. The van der Waals surface area contributed by atoms with Gasteiger partial charge in [0.1, 0.15) is 11.5 Å². The molecule has 0 bridgehead atoms. The zero-order chi connectivity index (χ0) is 13.8. The van der Waals surface area contributed by atoms with E-state index < -0.39 is 5.82 Å². The van der Waals surface area contributed by atoms with Crippen LogP contribution in [0.3, 0.4) is 0 Å². The van der Waals surface area contributed by atoms with Crippen LogP contribution in [0.15, 0.2) is 18.3 Å². The number of hydrogen-bond donors (Lipinski definition) is 1. The van der Waals surface area contributed by atoms with Crippen molar-refractivity contribution in [2.45, 2.75) is 13.3 Å². The fourth-order valence-electron chi connectivity index (χ4n) is 2.47. The number of nitrogens with zero attached hydrogens (tertiary/aromatic N) is 2. The minimum absolute atomic E-state index is 0.0625. The number of aliphatic hydroxyl groups excluding tert-OH is 1. The van der Waals surface area contributed by atoms with Gasteiger partial charge >= 0.3 is 0 Å². The molecule has 1 N–H and O–H groups in total. The predicted octanol–water partition coefficient (Wildman–Crippen LogP) is 1.35. The van der Waals surface area contributed by atoms with E-state index >= 15 is 0 Å². The third kappa shape index (κ3) is 3.58. The van der Waals surface area contributed by atoms with Gasteiger partial charge in [0.15, 0.2) is 5.78 Å². The Kier molecular flexibility index (Phi) is 4.61. The fraction of sp³-hybridized carbons (Fsp3) is 0.571. The first-order chi connectivity index (χ1) is 9.10. The Labute approximate surface area is 112 Å². The summed E-state index contributed by atoms with van der Waals surface area (Å²) in [5.74, 6) is -0.344. The van der Waals surface area contributed by atoms with Gasteiger partial charge in [-0.2, -0.15) is 0 Å². The van der Waals surface area contributed by atoms with E-state index in [1.54, 1.807) is 0 Å². The van der Waals surface area contributed by atoms with Gasteiger partial charge in [0.25, 0.3) is 0 Å². The number of likely N-dealkylation sites (tertiary alicyclic amines) is 1. The molecule has 0 saturated carbocycles. The summed E-state index contributed by atoms with van der Waals surface area (Å²) in [6.07, 6.45) is 2.05. The van der Waals surface area contributed by atoms with E-state index in [1.165, 1.54) is 12.1 Å². The van der Waals surface area contributed by atoms with Crippen molar-refractivity contribution in [1.29, 1.82) is 0 Å². The molecule has 0 amide bonds. The van der Waals surface area contributed by atoms with Gasteiger partial charge in [-0.25, -0.2) is 4.39 Å². The second-order valence-electron chi connectivity index (χ2n) is 5.22. The number of hydrogen-bond acceptors (Lipinski definition) is 4. The molecule has 19 heavy (non-hydrogen) atoms. The Hall–Kier alpha value is -1.33. The molecule has 1 fully saturated rings. The van der Waals surface area contributed by atoms with E-state index in [0.29, 0.717) is 18.2 Å². The molecule has 2 unspecified atom stereocenters. The average Bonchev–Trinajstić information content (AvgIpc) is 2.86. The second kappa shape index (κ2) is 6.21. The normalized spacial score (nSPS) is 21.5. The summed E-state index contributed by atoms with van der Waals surface area (Å²) in [7, 11) is 0. The van der Waals surface area contributed by atoms with Crippen LogP contribution in [0.1, 0.15) is 23.8 Å². The summed E-state index contributed by atoms with van der Waals surface area (Å²) in [6, 6.07) is 2.68. The number of pyridine rings is 1. The molecule has 1 aliphatic rings. The third-order valence-electron chi connectivity index (χ3n) is 3.59. The topological polar surface area (TPSA) is 53.4 Å². The molecule has 0 aliphatic carbocycles. The fourth-order valence-corrected chi connectivity index (χ4v) is 2.47. The second-order valence-corrected chi connectivity index (χ2v) is 5.22. The van der Waals surface area contributed by atoms with Gasteiger partial charge in [-0.3, -0.25) is 9.78 Å². The van der Waals surface area contributed by atoms with Crippen LogP contribution in [0.5, 0.6) is 0 Å². The van der Waals surface area contributed by atoms with Gasteiger partial charge in [0.05, 0.1) is 6.20 Å². The zero-order valence-electron chi connectivity index (χ0n) is 11.1. The smallest absolute Gasteiger partial charge is 0.185 e. The zero-order valence-corrected chi connectivity index (χ0v) is 11.1. The Balaban J connectivity index is 1.91. The number of carbonyl (C=O) groups is 1. The maximum Gasteiger partial charge on any atom is 0.185 e. The maximum atomic E-state index is 12.8. The van der Waals surface area contributed by atoms with Crippen molar-refractivity contribution in [3.63, 3.8) is 0 Å².